The summed E-state index contributed by atoms with van der Waals surface area (Å²) in [5, 5.41) is 4.46. The summed E-state index contributed by atoms with van der Waals surface area (Å²) >= 11 is 3.34. The van der Waals surface area contributed by atoms with Crippen molar-refractivity contribution in [2.24, 2.45) is 0 Å². The van der Waals surface area contributed by atoms with Crippen LogP contribution in [0.2, 0.25) is 0 Å². The fourth-order valence-corrected chi connectivity index (χ4v) is 2.15. The van der Waals surface area contributed by atoms with Crippen molar-refractivity contribution in [2.75, 3.05) is 0 Å². The van der Waals surface area contributed by atoms with Crippen molar-refractivity contribution in [3.63, 3.8) is 0 Å². The highest BCUT2D eigenvalue weighted by Crippen LogP contribution is 2.22. The van der Waals surface area contributed by atoms with Crippen LogP contribution in [0.4, 0.5) is 0 Å². The van der Waals surface area contributed by atoms with Gasteiger partial charge < -0.3 is 0 Å². The van der Waals surface area contributed by atoms with E-state index in [2.05, 4.69) is 26.0 Å². The third-order valence-electron chi connectivity index (χ3n) is 2.86. The predicted molar refractivity (Wildman–Crippen MR) is 79.9 cm³/mol. The Balaban J connectivity index is 2.09. The van der Waals surface area contributed by atoms with Crippen molar-refractivity contribution >= 4 is 22.2 Å². The topological polar surface area (TPSA) is 47.8 Å². The summed E-state index contributed by atoms with van der Waals surface area (Å²) in [7, 11) is 0. The van der Waals surface area contributed by atoms with Gasteiger partial charge in [0.2, 0.25) is 0 Å². The number of aromatic nitrogens is 3. The van der Waals surface area contributed by atoms with Gasteiger partial charge in [0.05, 0.1) is 5.56 Å². The summed E-state index contributed by atoms with van der Waals surface area (Å²) in [5.41, 5.74) is 2.11. The van der Waals surface area contributed by atoms with Crippen LogP contribution in [0.5, 0.6) is 0 Å². The molecule has 3 aromatic rings. The SMILES string of the molecule is O=Cc1cn(-c2ccc(Br)cn2)nc1-c1ccccc1. The lowest BCUT2D eigenvalue weighted by Crippen LogP contribution is -1.97. The molecular weight excluding hydrogens is 318 g/mol. The molecule has 0 atom stereocenters. The highest BCUT2D eigenvalue weighted by atomic mass is 79.9. The Morgan fingerprint density at radius 3 is 2.55 bits per heavy atom. The first kappa shape index (κ1) is 12.7. The average Bonchev–Trinajstić information content (AvgIpc) is 2.93. The molecule has 0 saturated heterocycles. The molecule has 0 unspecified atom stereocenters. The van der Waals surface area contributed by atoms with Gasteiger partial charge in [-0.05, 0) is 28.1 Å². The molecule has 0 aliphatic carbocycles. The number of halogens is 1. The number of rotatable bonds is 3. The molecule has 3 rings (SSSR count). The van der Waals surface area contributed by atoms with Crippen LogP contribution < -0.4 is 0 Å². The Hall–Kier alpha value is -2.27. The Bertz CT molecular complexity index is 736. The summed E-state index contributed by atoms with van der Waals surface area (Å²) in [6, 6.07) is 13.3. The van der Waals surface area contributed by atoms with E-state index < -0.39 is 0 Å². The van der Waals surface area contributed by atoms with Gasteiger partial charge in [0.1, 0.15) is 5.69 Å². The number of benzene rings is 1. The number of nitrogens with zero attached hydrogens (tertiary/aromatic N) is 3. The maximum Gasteiger partial charge on any atom is 0.153 e. The van der Waals surface area contributed by atoms with Crippen molar-refractivity contribution in [3.05, 3.63) is 64.9 Å². The fraction of sp³-hybridized carbons (Fsp3) is 0. The highest BCUT2D eigenvalue weighted by molar-refractivity contribution is 9.10. The largest absolute Gasteiger partial charge is 0.298 e. The van der Waals surface area contributed by atoms with E-state index >= 15 is 0 Å². The van der Waals surface area contributed by atoms with E-state index in [1.54, 1.807) is 17.1 Å². The number of carbonyl (C=O) groups excluding carboxylic acids is 1. The first-order valence-corrected chi connectivity index (χ1v) is 6.79. The Morgan fingerprint density at radius 2 is 1.90 bits per heavy atom. The van der Waals surface area contributed by atoms with Gasteiger partial charge in [-0.3, -0.25) is 4.79 Å². The van der Waals surface area contributed by atoms with Crippen molar-refractivity contribution in [1.29, 1.82) is 0 Å². The molecule has 0 N–H and O–H groups in total. The summed E-state index contributed by atoms with van der Waals surface area (Å²) in [4.78, 5) is 15.5. The molecule has 1 aromatic carbocycles. The Kier molecular flexibility index (Phi) is 3.43. The van der Waals surface area contributed by atoms with Crippen molar-refractivity contribution in [1.82, 2.24) is 14.8 Å². The van der Waals surface area contributed by atoms with Crippen LogP contribution in [-0.2, 0) is 0 Å². The van der Waals surface area contributed by atoms with E-state index in [0.717, 1.165) is 16.3 Å². The molecule has 4 nitrogen and oxygen atoms in total. The number of carbonyl (C=O) groups is 1. The second kappa shape index (κ2) is 5.38. The second-order valence-corrected chi connectivity index (χ2v) is 5.11. The first-order chi connectivity index (χ1) is 9.78. The normalized spacial score (nSPS) is 10.4. The summed E-state index contributed by atoms with van der Waals surface area (Å²) in [6.07, 6.45) is 4.19. The van der Waals surface area contributed by atoms with Crippen LogP contribution in [0.1, 0.15) is 10.4 Å². The van der Waals surface area contributed by atoms with Gasteiger partial charge in [-0.15, -0.1) is 0 Å². The van der Waals surface area contributed by atoms with Gasteiger partial charge in [0, 0.05) is 22.4 Å². The summed E-state index contributed by atoms with van der Waals surface area (Å²) in [5.74, 6) is 0.665. The molecular formula is C15H10BrN3O. The Labute approximate surface area is 124 Å². The van der Waals surface area contributed by atoms with E-state index in [-0.39, 0.29) is 0 Å². The van der Waals surface area contributed by atoms with Crippen molar-refractivity contribution < 1.29 is 4.79 Å². The van der Waals surface area contributed by atoms with Crippen LogP contribution in [0.15, 0.2) is 59.3 Å². The van der Waals surface area contributed by atoms with Crippen molar-refractivity contribution in [3.8, 4) is 17.1 Å². The van der Waals surface area contributed by atoms with Crippen LogP contribution in [-0.4, -0.2) is 21.1 Å². The molecule has 20 heavy (non-hydrogen) atoms. The lowest BCUT2D eigenvalue weighted by molar-refractivity contribution is 0.112. The van der Waals surface area contributed by atoms with Gasteiger partial charge in [0.15, 0.2) is 12.1 Å². The quantitative estimate of drug-likeness (QED) is 0.691. The van der Waals surface area contributed by atoms with E-state index in [0.29, 0.717) is 17.1 Å². The van der Waals surface area contributed by atoms with Gasteiger partial charge in [-0.1, -0.05) is 30.3 Å². The van der Waals surface area contributed by atoms with E-state index in [9.17, 15) is 4.79 Å². The molecule has 98 valence electrons. The van der Waals surface area contributed by atoms with Crippen LogP contribution >= 0.6 is 15.9 Å². The standard InChI is InChI=1S/C15H10BrN3O/c16-13-6-7-14(17-8-13)19-9-12(10-20)15(18-19)11-4-2-1-3-5-11/h1-10H. The van der Waals surface area contributed by atoms with Gasteiger partial charge in [0.25, 0.3) is 0 Å². The van der Waals surface area contributed by atoms with Crippen molar-refractivity contribution in [2.45, 2.75) is 0 Å². The molecule has 0 fully saturated rings. The lowest BCUT2D eigenvalue weighted by Gasteiger charge is -2.00. The third-order valence-corrected chi connectivity index (χ3v) is 3.33. The molecule has 2 heterocycles. The third kappa shape index (κ3) is 2.40. The van der Waals surface area contributed by atoms with Crippen LogP contribution in [0, 0.1) is 0 Å². The number of hydrogen-bond acceptors (Lipinski definition) is 3. The van der Waals surface area contributed by atoms with E-state index in [4.69, 9.17) is 0 Å². The zero-order valence-electron chi connectivity index (χ0n) is 10.4. The lowest BCUT2D eigenvalue weighted by atomic mass is 10.1. The second-order valence-electron chi connectivity index (χ2n) is 4.20. The maximum atomic E-state index is 11.2. The predicted octanol–water partition coefficient (Wildman–Crippen LogP) is 3.51. The average molecular weight is 328 g/mol. The van der Waals surface area contributed by atoms with Crippen LogP contribution in [0.3, 0.4) is 0 Å². The molecule has 0 aliphatic rings. The monoisotopic (exact) mass is 327 g/mol. The van der Waals surface area contributed by atoms with Gasteiger partial charge >= 0.3 is 0 Å². The molecule has 0 saturated carbocycles. The Morgan fingerprint density at radius 1 is 1.10 bits per heavy atom. The number of aldehydes is 1. The maximum absolute atomic E-state index is 11.2. The minimum absolute atomic E-state index is 0.543. The summed E-state index contributed by atoms with van der Waals surface area (Å²) < 4.78 is 2.51. The van der Waals surface area contributed by atoms with E-state index in [1.165, 1.54) is 0 Å². The molecule has 0 amide bonds. The highest BCUT2D eigenvalue weighted by Gasteiger charge is 2.11. The first-order valence-electron chi connectivity index (χ1n) is 6.00. The molecule has 0 aliphatic heterocycles. The van der Waals surface area contributed by atoms with Gasteiger partial charge in [-0.25, -0.2) is 9.67 Å². The number of pyridine rings is 1. The molecule has 0 radical (unpaired) electrons. The zero-order chi connectivity index (χ0) is 13.9. The van der Waals surface area contributed by atoms with E-state index in [1.807, 2.05) is 42.5 Å². The summed E-state index contributed by atoms with van der Waals surface area (Å²) in [6.45, 7) is 0. The van der Waals surface area contributed by atoms with Crippen LogP contribution in [0.25, 0.3) is 17.1 Å². The van der Waals surface area contributed by atoms with Gasteiger partial charge in [-0.2, -0.15) is 5.10 Å². The smallest absolute Gasteiger partial charge is 0.153 e. The minimum Gasteiger partial charge on any atom is -0.298 e. The number of hydrogen-bond donors (Lipinski definition) is 0. The fourth-order valence-electron chi connectivity index (χ4n) is 1.91. The zero-order valence-corrected chi connectivity index (χ0v) is 12.0. The molecule has 2 aromatic heterocycles. The molecule has 0 bridgehead atoms. The minimum atomic E-state index is 0.543. The molecule has 5 heteroatoms. The molecule has 0 spiro atoms.